The third kappa shape index (κ3) is 5.68. The number of hydrogen-bond donors (Lipinski definition) is 0. The Bertz CT molecular complexity index is 940. The molecule has 0 bridgehead atoms. The number of hydrogen-bond acceptors (Lipinski definition) is 5. The van der Waals surface area contributed by atoms with E-state index in [9.17, 15) is 9.59 Å². The Labute approximate surface area is 184 Å². The largest absolute Gasteiger partial charge is 1.00 e. The third-order valence-electron chi connectivity index (χ3n) is 4.07. The highest BCUT2D eigenvalue weighted by Crippen LogP contribution is 2.25. The van der Waals surface area contributed by atoms with Crippen molar-refractivity contribution in [2.24, 2.45) is 4.99 Å². The van der Waals surface area contributed by atoms with Crippen molar-refractivity contribution in [1.82, 2.24) is 4.90 Å². The van der Waals surface area contributed by atoms with Gasteiger partial charge in [0.2, 0.25) is 0 Å². The van der Waals surface area contributed by atoms with E-state index >= 15 is 0 Å². The predicted molar refractivity (Wildman–Crippen MR) is 114 cm³/mol. The summed E-state index contributed by atoms with van der Waals surface area (Å²) in [5.41, 5.74) is 1.82. The fourth-order valence-corrected chi connectivity index (χ4v) is 3.53. The molecule has 2 aromatic rings. The maximum absolute atomic E-state index is 12.7. The minimum atomic E-state index is -0.203. The van der Waals surface area contributed by atoms with Gasteiger partial charge in [0, 0.05) is 12.1 Å². The van der Waals surface area contributed by atoms with Crippen LogP contribution in [0.15, 0.2) is 77.9 Å². The van der Waals surface area contributed by atoms with E-state index in [0.29, 0.717) is 23.0 Å². The fraction of sp³-hybridized carbons (Fsp3) is 0.136. The van der Waals surface area contributed by atoms with Gasteiger partial charge in [-0.25, -0.2) is 4.99 Å². The van der Waals surface area contributed by atoms with E-state index in [1.807, 2.05) is 42.5 Å². The van der Waals surface area contributed by atoms with Crippen LogP contribution in [0.1, 0.15) is 15.9 Å². The van der Waals surface area contributed by atoms with Crippen LogP contribution in [-0.4, -0.2) is 41.2 Å². The van der Waals surface area contributed by atoms with E-state index in [0.717, 1.165) is 11.3 Å². The SMILES string of the molecule is C=CCN1C(=O)/C(=C/c2ccc(OC)cc2)N=C1SCC(=O)c1ccccc1.[Br-]. The number of ketones is 1. The summed E-state index contributed by atoms with van der Waals surface area (Å²) in [4.78, 5) is 31.1. The number of benzene rings is 2. The molecule has 0 radical (unpaired) electrons. The smallest absolute Gasteiger partial charge is 0.278 e. The van der Waals surface area contributed by atoms with Crippen molar-refractivity contribution < 1.29 is 31.3 Å². The minimum Gasteiger partial charge on any atom is -1.00 e. The Kier molecular flexibility index (Phi) is 8.42. The summed E-state index contributed by atoms with van der Waals surface area (Å²) < 4.78 is 5.15. The molecule has 0 N–H and O–H groups in total. The molecule has 1 aliphatic rings. The topological polar surface area (TPSA) is 59.0 Å². The number of carbonyl (C=O) groups excluding carboxylic acids is 2. The van der Waals surface area contributed by atoms with Gasteiger partial charge in [-0.05, 0) is 23.8 Å². The van der Waals surface area contributed by atoms with Crippen molar-refractivity contribution in [2.45, 2.75) is 0 Å². The first-order chi connectivity index (χ1) is 13.6. The zero-order chi connectivity index (χ0) is 19.9. The molecule has 0 aromatic heterocycles. The molecule has 1 aliphatic heterocycles. The maximum Gasteiger partial charge on any atom is 0.278 e. The average molecular weight is 472 g/mol. The second kappa shape index (κ2) is 10.8. The van der Waals surface area contributed by atoms with Gasteiger partial charge in [0.15, 0.2) is 11.0 Å². The number of carbonyl (C=O) groups is 2. The lowest BCUT2D eigenvalue weighted by molar-refractivity contribution is -0.122. The normalized spacial score (nSPS) is 14.4. The summed E-state index contributed by atoms with van der Waals surface area (Å²) in [6.07, 6.45) is 3.37. The van der Waals surface area contributed by atoms with Gasteiger partial charge in [0.05, 0.1) is 12.9 Å². The molecule has 0 spiro atoms. The molecule has 150 valence electrons. The molecule has 7 heteroatoms. The summed E-state index contributed by atoms with van der Waals surface area (Å²) in [7, 11) is 1.60. The molecule has 3 rings (SSSR count). The summed E-state index contributed by atoms with van der Waals surface area (Å²) in [5, 5.41) is 0.508. The highest BCUT2D eigenvalue weighted by molar-refractivity contribution is 8.14. The number of ether oxygens (including phenoxy) is 1. The van der Waals surface area contributed by atoms with E-state index in [-0.39, 0.29) is 34.4 Å². The Hall–Kier alpha value is -2.64. The predicted octanol–water partition coefficient (Wildman–Crippen LogP) is 1.04. The van der Waals surface area contributed by atoms with E-state index in [2.05, 4.69) is 11.6 Å². The Morgan fingerprint density at radius 1 is 1.17 bits per heavy atom. The van der Waals surface area contributed by atoms with Gasteiger partial charge in [0.25, 0.3) is 5.91 Å². The van der Waals surface area contributed by atoms with Crippen molar-refractivity contribution in [1.29, 1.82) is 0 Å². The zero-order valence-corrected chi connectivity index (χ0v) is 18.3. The third-order valence-corrected chi connectivity index (χ3v) is 5.05. The molecule has 1 heterocycles. The molecule has 0 fully saturated rings. The quantitative estimate of drug-likeness (QED) is 0.344. The Balaban J connectivity index is 0.00000300. The minimum absolute atomic E-state index is 0. The Morgan fingerprint density at radius 3 is 2.48 bits per heavy atom. The number of nitrogens with zero attached hydrogens (tertiary/aromatic N) is 2. The molecule has 29 heavy (non-hydrogen) atoms. The number of amidine groups is 1. The first-order valence-electron chi connectivity index (χ1n) is 8.70. The molecular formula is C22H20BrN2O3S-. The van der Waals surface area contributed by atoms with Crippen LogP contribution in [0.5, 0.6) is 5.75 Å². The summed E-state index contributed by atoms with van der Waals surface area (Å²) in [6, 6.07) is 16.4. The van der Waals surface area contributed by atoms with Crippen molar-refractivity contribution in [3.8, 4) is 5.75 Å². The highest BCUT2D eigenvalue weighted by Gasteiger charge is 2.30. The molecular weight excluding hydrogens is 452 g/mol. The standard InChI is InChI=1S/C22H20N2O3S.BrH/c1-3-13-24-21(26)19(14-16-9-11-18(27-2)12-10-16)23-22(24)28-15-20(25)17-7-5-4-6-8-17;/h3-12,14H,1,13,15H2,2H3;1H/p-1/b19-14-;. The van der Waals surface area contributed by atoms with Crippen LogP contribution < -0.4 is 21.7 Å². The lowest BCUT2D eigenvalue weighted by atomic mass is 10.2. The molecule has 2 aromatic carbocycles. The average Bonchev–Trinajstić information content (AvgIpc) is 3.02. The number of thioether (sulfide) groups is 1. The highest BCUT2D eigenvalue weighted by atomic mass is 79.9. The van der Waals surface area contributed by atoms with Crippen molar-refractivity contribution in [3.05, 3.63) is 84.1 Å². The molecule has 0 saturated carbocycles. The number of halogens is 1. The fourth-order valence-electron chi connectivity index (χ4n) is 2.63. The van der Waals surface area contributed by atoms with E-state index < -0.39 is 0 Å². The maximum atomic E-state index is 12.7. The zero-order valence-electron chi connectivity index (χ0n) is 15.9. The lowest BCUT2D eigenvalue weighted by Gasteiger charge is -2.15. The van der Waals surface area contributed by atoms with Gasteiger partial charge in [-0.1, -0.05) is 60.3 Å². The van der Waals surface area contributed by atoms with Gasteiger partial charge in [-0.15, -0.1) is 6.58 Å². The van der Waals surface area contributed by atoms with Gasteiger partial charge < -0.3 is 21.7 Å². The summed E-state index contributed by atoms with van der Waals surface area (Å²) in [5.74, 6) is 0.740. The Morgan fingerprint density at radius 2 is 1.86 bits per heavy atom. The molecule has 0 saturated heterocycles. The van der Waals surface area contributed by atoms with Crippen LogP contribution in [0.2, 0.25) is 0 Å². The van der Waals surface area contributed by atoms with Crippen molar-refractivity contribution in [2.75, 3.05) is 19.4 Å². The van der Waals surface area contributed by atoms with E-state index in [4.69, 9.17) is 4.74 Å². The molecule has 1 amide bonds. The first-order valence-corrected chi connectivity index (χ1v) is 9.69. The molecule has 0 atom stereocenters. The van der Waals surface area contributed by atoms with Crippen LogP contribution in [0, 0.1) is 0 Å². The van der Waals surface area contributed by atoms with Crippen LogP contribution in [-0.2, 0) is 4.79 Å². The van der Waals surface area contributed by atoms with Crippen LogP contribution in [0.4, 0.5) is 0 Å². The summed E-state index contributed by atoms with van der Waals surface area (Å²) >= 11 is 1.26. The van der Waals surface area contributed by atoms with Gasteiger partial charge in [-0.2, -0.15) is 0 Å². The van der Waals surface area contributed by atoms with E-state index in [1.54, 1.807) is 31.4 Å². The van der Waals surface area contributed by atoms with E-state index in [1.165, 1.54) is 16.7 Å². The number of Topliss-reactive ketones (excluding diaryl/α,β-unsaturated/α-hetero) is 1. The van der Waals surface area contributed by atoms with Crippen LogP contribution in [0.3, 0.4) is 0 Å². The summed E-state index contributed by atoms with van der Waals surface area (Å²) in [6.45, 7) is 4.04. The second-order valence-corrected chi connectivity index (χ2v) is 6.92. The van der Waals surface area contributed by atoms with Gasteiger partial charge in [0.1, 0.15) is 11.4 Å². The molecule has 0 aliphatic carbocycles. The van der Waals surface area contributed by atoms with Crippen LogP contribution >= 0.6 is 11.8 Å². The number of amides is 1. The van der Waals surface area contributed by atoms with Gasteiger partial charge >= 0.3 is 0 Å². The second-order valence-electron chi connectivity index (χ2n) is 5.98. The molecule has 5 nitrogen and oxygen atoms in total. The van der Waals surface area contributed by atoms with Gasteiger partial charge in [-0.3, -0.25) is 14.5 Å². The number of aliphatic imine (C=N–C) groups is 1. The van der Waals surface area contributed by atoms with Crippen molar-refractivity contribution >= 4 is 34.7 Å². The van der Waals surface area contributed by atoms with Crippen molar-refractivity contribution in [3.63, 3.8) is 0 Å². The lowest BCUT2D eigenvalue weighted by Crippen LogP contribution is -3.00. The van der Waals surface area contributed by atoms with Crippen LogP contribution in [0.25, 0.3) is 6.08 Å². The molecule has 0 unspecified atom stereocenters. The number of rotatable bonds is 7. The monoisotopic (exact) mass is 471 g/mol. The number of methoxy groups -OCH3 is 1. The first kappa shape index (κ1) is 22.6.